The summed E-state index contributed by atoms with van der Waals surface area (Å²) in [4.78, 5) is 14.8. The Bertz CT molecular complexity index is 531. The molecule has 0 aromatic heterocycles. The van der Waals surface area contributed by atoms with Gasteiger partial charge in [-0.3, -0.25) is 9.69 Å². The monoisotopic (exact) mass is 346 g/mol. The molecule has 3 rings (SSSR count). The lowest BCUT2D eigenvalue weighted by molar-refractivity contribution is -0.139. The number of rotatable bonds is 7. The fourth-order valence-electron chi connectivity index (χ4n) is 3.56. The summed E-state index contributed by atoms with van der Waals surface area (Å²) in [5, 5.41) is 3.11. The minimum absolute atomic E-state index is 0.0117. The number of hydrogen-bond donors (Lipinski definition) is 1. The Morgan fingerprint density at radius 1 is 1.28 bits per heavy atom. The summed E-state index contributed by atoms with van der Waals surface area (Å²) in [5.41, 5.74) is 1.27. The average molecular weight is 346 g/mol. The van der Waals surface area contributed by atoms with Crippen LogP contribution in [0.1, 0.15) is 38.2 Å². The molecular formula is C20H30N2O3. The molecule has 25 heavy (non-hydrogen) atoms. The predicted octanol–water partition coefficient (Wildman–Crippen LogP) is 2.35. The van der Waals surface area contributed by atoms with E-state index in [0.717, 1.165) is 39.0 Å². The van der Waals surface area contributed by atoms with E-state index in [2.05, 4.69) is 41.4 Å². The van der Waals surface area contributed by atoms with Gasteiger partial charge in [0.2, 0.25) is 0 Å². The molecule has 0 saturated carbocycles. The summed E-state index contributed by atoms with van der Waals surface area (Å²) in [7, 11) is 0. The first-order valence-electron chi connectivity index (χ1n) is 9.50. The first-order chi connectivity index (χ1) is 12.2. The maximum atomic E-state index is 12.5. The Morgan fingerprint density at radius 2 is 2.12 bits per heavy atom. The number of morpholine rings is 1. The molecule has 3 atom stereocenters. The zero-order chi connectivity index (χ0) is 17.5. The lowest BCUT2D eigenvalue weighted by atomic mass is 10.1. The van der Waals surface area contributed by atoms with Gasteiger partial charge in [0.1, 0.15) is 6.10 Å². The summed E-state index contributed by atoms with van der Waals surface area (Å²) in [5.74, 6) is 0.0117. The van der Waals surface area contributed by atoms with Crippen molar-refractivity contribution in [2.45, 2.75) is 57.4 Å². The number of hydrogen-bond acceptors (Lipinski definition) is 4. The highest BCUT2D eigenvalue weighted by Gasteiger charge is 2.27. The van der Waals surface area contributed by atoms with Gasteiger partial charge in [0, 0.05) is 32.3 Å². The molecule has 0 aliphatic carbocycles. The molecule has 1 aromatic carbocycles. The number of amides is 1. The van der Waals surface area contributed by atoms with Gasteiger partial charge < -0.3 is 14.8 Å². The predicted molar refractivity (Wildman–Crippen MR) is 97.3 cm³/mol. The standard InChI is InChI=1S/C20H30N2O3/c1-16(9-10-18-8-5-12-24-18)21-20(23)19-15-22(11-13-25-19)14-17-6-3-2-4-7-17/h2-4,6-7,16,18-19H,5,8-15H2,1H3,(H,21,23). The zero-order valence-electron chi connectivity index (χ0n) is 15.2. The van der Waals surface area contributed by atoms with Gasteiger partial charge in [-0.05, 0) is 38.2 Å². The van der Waals surface area contributed by atoms with Crippen LogP contribution in [-0.4, -0.2) is 55.4 Å². The molecule has 0 bridgehead atoms. The van der Waals surface area contributed by atoms with E-state index in [9.17, 15) is 4.79 Å². The molecule has 138 valence electrons. The van der Waals surface area contributed by atoms with Crippen molar-refractivity contribution in [3.05, 3.63) is 35.9 Å². The Morgan fingerprint density at radius 3 is 2.88 bits per heavy atom. The third-order valence-corrected chi connectivity index (χ3v) is 5.03. The molecule has 3 unspecified atom stereocenters. The maximum absolute atomic E-state index is 12.5. The van der Waals surface area contributed by atoms with E-state index in [1.54, 1.807) is 0 Å². The lowest BCUT2D eigenvalue weighted by Crippen LogP contribution is -2.51. The van der Waals surface area contributed by atoms with Crippen LogP contribution in [0.2, 0.25) is 0 Å². The van der Waals surface area contributed by atoms with Crippen molar-refractivity contribution in [2.75, 3.05) is 26.3 Å². The molecule has 2 aliphatic rings. The Kier molecular flexibility index (Phi) is 6.84. The van der Waals surface area contributed by atoms with Gasteiger partial charge in [-0.1, -0.05) is 30.3 Å². The average Bonchev–Trinajstić information content (AvgIpc) is 3.15. The Hall–Kier alpha value is -1.43. The van der Waals surface area contributed by atoms with Gasteiger partial charge in [-0.2, -0.15) is 0 Å². The number of carbonyl (C=O) groups is 1. The van der Waals surface area contributed by atoms with E-state index in [-0.39, 0.29) is 18.1 Å². The molecule has 2 heterocycles. The third-order valence-electron chi connectivity index (χ3n) is 5.03. The molecule has 2 saturated heterocycles. The number of nitrogens with zero attached hydrogens (tertiary/aromatic N) is 1. The number of carbonyl (C=O) groups excluding carboxylic acids is 1. The van der Waals surface area contributed by atoms with E-state index in [4.69, 9.17) is 9.47 Å². The van der Waals surface area contributed by atoms with Crippen LogP contribution in [-0.2, 0) is 20.8 Å². The zero-order valence-corrected chi connectivity index (χ0v) is 15.2. The highest BCUT2D eigenvalue weighted by Crippen LogP contribution is 2.18. The fraction of sp³-hybridized carbons (Fsp3) is 0.650. The highest BCUT2D eigenvalue weighted by atomic mass is 16.5. The molecule has 1 aromatic rings. The van der Waals surface area contributed by atoms with Crippen molar-refractivity contribution in [3.8, 4) is 0 Å². The van der Waals surface area contributed by atoms with E-state index in [1.165, 1.54) is 12.0 Å². The van der Waals surface area contributed by atoms with Crippen molar-refractivity contribution in [3.63, 3.8) is 0 Å². The molecule has 2 aliphatic heterocycles. The number of benzene rings is 1. The molecular weight excluding hydrogens is 316 g/mol. The van der Waals surface area contributed by atoms with Crippen molar-refractivity contribution in [2.24, 2.45) is 0 Å². The van der Waals surface area contributed by atoms with E-state index in [0.29, 0.717) is 19.3 Å². The van der Waals surface area contributed by atoms with Gasteiger partial charge in [0.05, 0.1) is 12.7 Å². The van der Waals surface area contributed by atoms with Crippen molar-refractivity contribution in [1.29, 1.82) is 0 Å². The van der Waals surface area contributed by atoms with Crippen LogP contribution in [0.3, 0.4) is 0 Å². The quantitative estimate of drug-likeness (QED) is 0.823. The van der Waals surface area contributed by atoms with Crippen LogP contribution in [0.5, 0.6) is 0 Å². The second-order valence-electron chi connectivity index (χ2n) is 7.20. The molecule has 2 fully saturated rings. The summed E-state index contributed by atoms with van der Waals surface area (Å²) in [6.07, 6.45) is 4.30. The molecule has 0 radical (unpaired) electrons. The second kappa shape index (κ2) is 9.32. The molecule has 1 amide bonds. The molecule has 0 spiro atoms. The Labute approximate surface area is 150 Å². The van der Waals surface area contributed by atoms with Crippen molar-refractivity contribution in [1.82, 2.24) is 10.2 Å². The highest BCUT2D eigenvalue weighted by molar-refractivity contribution is 5.81. The van der Waals surface area contributed by atoms with Gasteiger partial charge in [-0.25, -0.2) is 0 Å². The number of nitrogens with one attached hydrogen (secondary N) is 1. The first-order valence-corrected chi connectivity index (χ1v) is 9.50. The van der Waals surface area contributed by atoms with Crippen LogP contribution < -0.4 is 5.32 Å². The van der Waals surface area contributed by atoms with Crippen LogP contribution in [0.15, 0.2) is 30.3 Å². The van der Waals surface area contributed by atoms with Crippen molar-refractivity contribution < 1.29 is 14.3 Å². The van der Waals surface area contributed by atoms with Gasteiger partial charge in [0.15, 0.2) is 0 Å². The van der Waals surface area contributed by atoms with E-state index >= 15 is 0 Å². The fourth-order valence-corrected chi connectivity index (χ4v) is 3.56. The van der Waals surface area contributed by atoms with Gasteiger partial charge >= 0.3 is 0 Å². The minimum Gasteiger partial charge on any atom is -0.378 e. The molecule has 5 nitrogen and oxygen atoms in total. The molecule has 5 heteroatoms. The second-order valence-corrected chi connectivity index (χ2v) is 7.20. The Balaban J connectivity index is 1.41. The summed E-state index contributed by atoms with van der Waals surface area (Å²) in [6.45, 7) is 5.94. The maximum Gasteiger partial charge on any atom is 0.250 e. The lowest BCUT2D eigenvalue weighted by Gasteiger charge is -2.32. The first kappa shape index (κ1) is 18.4. The summed E-state index contributed by atoms with van der Waals surface area (Å²) >= 11 is 0. The molecule has 1 N–H and O–H groups in total. The third kappa shape index (κ3) is 5.80. The summed E-state index contributed by atoms with van der Waals surface area (Å²) in [6, 6.07) is 10.5. The number of ether oxygens (including phenoxy) is 2. The summed E-state index contributed by atoms with van der Waals surface area (Å²) < 4.78 is 11.4. The largest absolute Gasteiger partial charge is 0.378 e. The minimum atomic E-state index is -0.373. The van der Waals surface area contributed by atoms with Crippen LogP contribution in [0, 0.1) is 0 Å². The van der Waals surface area contributed by atoms with Crippen LogP contribution >= 0.6 is 0 Å². The topological polar surface area (TPSA) is 50.8 Å². The van der Waals surface area contributed by atoms with Crippen LogP contribution in [0.25, 0.3) is 0 Å². The SMILES string of the molecule is CC(CCC1CCCO1)NC(=O)C1CN(Cc2ccccc2)CCO1. The van der Waals surface area contributed by atoms with Gasteiger partial charge in [0.25, 0.3) is 5.91 Å². The van der Waals surface area contributed by atoms with Crippen molar-refractivity contribution >= 4 is 5.91 Å². The van der Waals surface area contributed by atoms with Gasteiger partial charge in [-0.15, -0.1) is 0 Å². The smallest absolute Gasteiger partial charge is 0.250 e. The van der Waals surface area contributed by atoms with Crippen LogP contribution in [0.4, 0.5) is 0 Å². The van der Waals surface area contributed by atoms with E-state index in [1.807, 2.05) is 6.07 Å². The van der Waals surface area contributed by atoms with E-state index < -0.39 is 0 Å². The normalized spacial score (nSPS) is 25.6.